The van der Waals surface area contributed by atoms with Crippen LogP contribution in [0.3, 0.4) is 0 Å². The monoisotopic (exact) mass is 303 g/mol. The molecule has 1 aliphatic rings. The molecule has 1 unspecified atom stereocenters. The fraction of sp³-hybridized carbons (Fsp3) is 0.294. The van der Waals surface area contributed by atoms with Crippen LogP contribution in [0, 0.1) is 5.92 Å². The molecule has 110 valence electrons. The highest BCUT2D eigenvalue weighted by atomic mass is 35.5. The van der Waals surface area contributed by atoms with E-state index in [2.05, 4.69) is 6.92 Å². The number of halogens is 1. The highest BCUT2D eigenvalue weighted by Crippen LogP contribution is 2.36. The van der Waals surface area contributed by atoms with Gasteiger partial charge in [0.15, 0.2) is 11.5 Å². The van der Waals surface area contributed by atoms with Crippen molar-refractivity contribution in [1.82, 2.24) is 0 Å². The van der Waals surface area contributed by atoms with Gasteiger partial charge in [0.25, 0.3) is 0 Å². The molecule has 21 heavy (non-hydrogen) atoms. The van der Waals surface area contributed by atoms with Crippen molar-refractivity contribution >= 4 is 11.6 Å². The first-order chi connectivity index (χ1) is 10.2. The SMILES string of the molecule is CC1COc2ccc(-c3cc(Cl)ccc3CN)cc2OC1. The molecule has 1 heterocycles. The zero-order chi connectivity index (χ0) is 14.8. The van der Waals surface area contributed by atoms with Crippen molar-refractivity contribution in [3.8, 4) is 22.6 Å². The topological polar surface area (TPSA) is 44.5 Å². The van der Waals surface area contributed by atoms with Crippen molar-refractivity contribution in [3.63, 3.8) is 0 Å². The smallest absolute Gasteiger partial charge is 0.161 e. The molecule has 2 N–H and O–H groups in total. The Hall–Kier alpha value is -1.71. The van der Waals surface area contributed by atoms with Crippen LogP contribution in [0.1, 0.15) is 12.5 Å². The molecule has 0 aliphatic carbocycles. The minimum absolute atomic E-state index is 0.381. The predicted molar refractivity (Wildman–Crippen MR) is 84.9 cm³/mol. The van der Waals surface area contributed by atoms with Gasteiger partial charge in [-0.3, -0.25) is 0 Å². The largest absolute Gasteiger partial charge is 0.489 e. The van der Waals surface area contributed by atoms with Crippen LogP contribution in [-0.4, -0.2) is 13.2 Å². The van der Waals surface area contributed by atoms with Crippen LogP contribution < -0.4 is 15.2 Å². The fourth-order valence-electron chi connectivity index (χ4n) is 2.42. The highest BCUT2D eigenvalue weighted by Gasteiger charge is 2.16. The summed E-state index contributed by atoms with van der Waals surface area (Å²) in [6.07, 6.45) is 0. The lowest BCUT2D eigenvalue weighted by Crippen LogP contribution is -2.12. The van der Waals surface area contributed by atoms with E-state index in [4.69, 9.17) is 26.8 Å². The molecule has 0 aromatic heterocycles. The number of hydrogen-bond donors (Lipinski definition) is 1. The van der Waals surface area contributed by atoms with Crippen LogP contribution in [0.2, 0.25) is 5.02 Å². The molecule has 2 aromatic rings. The molecule has 4 heteroatoms. The summed E-state index contributed by atoms with van der Waals surface area (Å²) in [6.45, 7) is 3.92. The maximum absolute atomic E-state index is 6.12. The second-order valence-corrected chi connectivity index (χ2v) is 5.83. The molecule has 0 bridgehead atoms. The van der Waals surface area contributed by atoms with Crippen LogP contribution >= 0.6 is 11.6 Å². The number of nitrogens with two attached hydrogens (primary N) is 1. The third-order valence-electron chi connectivity index (χ3n) is 3.59. The van der Waals surface area contributed by atoms with Crippen molar-refractivity contribution in [2.75, 3.05) is 13.2 Å². The molecule has 0 radical (unpaired) electrons. The van der Waals surface area contributed by atoms with E-state index in [9.17, 15) is 0 Å². The number of fused-ring (bicyclic) bond motifs is 1. The molecule has 2 aromatic carbocycles. The third-order valence-corrected chi connectivity index (χ3v) is 3.83. The molecule has 3 rings (SSSR count). The average Bonchev–Trinajstić information content (AvgIpc) is 2.69. The average molecular weight is 304 g/mol. The lowest BCUT2D eigenvalue weighted by atomic mass is 9.99. The molecule has 0 saturated heterocycles. The van der Waals surface area contributed by atoms with Gasteiger partial charge in [-0.1, -0.05) is 30.7 Å². The molecule has 0 amide bonds. The second kappa shape index (κ2) is 5.96. The van der Waals surface area contributed by atoms with E-state index in [1.165, 1.54) is 0 Å². The first kappa shape index (κ1) is 14.2. The normalized spacial score (nSPS) is 17.4. The summed E-state index contributed by atoms with van der Waals surface area (Å²) in [5, 5.41) is 0.697. The lowest BCUT2D eigenvalue weighted by molar-refractivity contribution is 0.228. The quantitative estimate of drug-likeness (QED) is 0.916. The summed E-state index contributed by atoms with van der Waals surface area (Å²) >= 11 is 6.12. The zero-order valence-electron chi connectivity index (χ0n) is 11.9. The molecular weight excluding hydrogens is 286 g/mol. The van der Waals surface area contributed by atoms with Gasteiger partial charge in [-0.05, 0) is 41.0 Å². The molecule has 3 nitrogen and oxygen atoms in total. The fourth-order valence-corrected chi connectivity index (χ4v) is 2.59. The van der Waals surface area contributed by atoms with Gasteiger partial charge in [-0.25, -0.2) is 0 Å². The van der Waals surface area contributed by atoms with Crippen LogP contribution in [0.25, 0.3) is 11.1 Å². The Morgan fingerprint density at radius 2 is 1.86 bits per heavy atom. The highest BCUT2D eigenvalue weighted by molar-refractivity contribution is 6.30. The number of rotatable bonds is 2. The summed E-state index contributed by atoms with van der Waals surface area (Å²) in [6, 6.07) is 11.7. The van der Waals surface area contributed by atoms with E-state index in [0.29, 0.717) is 30.7 Å². The maximum Gasteiger partial charge on any atom is 0.161 e. The van der Waals surface area contributed by atoms with Crippen molar-refractivity contribution in [1.29, 1.82) is 0 Å². The van der Waals surface area contributed by atoms with E-state index < -0.39 is 0 Å². The minimum Gasteiger partial charge on any atom is -0.489 e. The van der Waals surface area contributed by atoms with Crippen LogP contribution in [0.4, 0.5) is 0 Å². The van der Waals surface area contributed by atoms with E-state index in [1.54, 1.807) is 0 Å². The minimum atomic E-state index is 0.381. The van der Waals surface area contributed by atoms with Crippen molar-refractivity contribution in [2.24, 2.45) is 11.7 Å². The standard InChI is InChI=1S/C17H18ClNO2/c1-11-9-20-16-5-3-12(6-17(16)21-10-11)15-7-14(18)4-2-13(15)8-19/h2-7,11H,8-10,19H2,1H3. The Kier molecular flexibility index (Phi) is 4.04. The number of hydrogen-bond acceptors (Lipinski definition) is 3. The van der Waals surface area contributed by atoms with Gasteiger partial charge in [0.05, 0.1) is 13.2 Å². The second-order valence-electron chi connectivity index (χ2n) is 5.39. The summed E-state index contributed by atoms with van der Waals surface area (Å²) in [5.41, 5.74) is 8.95. The van der Waals surface area contributed by atoms with Crippen molar-refractivity contribution in [3.05, 3.63) is 47.0 Å². The Morgan fingerprint density at radius 1 is 1.10 bits per heavy atom. The number of benzene rings is 2. The summed E-state index contributed by atoms with van der Waals surface area (Å²) in [4.78, 5) is 0. The van der Waals surface area contributed by atoms with Crippen molar-refractivity contribution in [2.45, 2.75) is 13.5 Å². The Balaban J connectivity index is 2.03. The van der Waals surface area contributed by atoms with Crippen LogP contribution in [-0.2, 0) is 6.54 Å². The van der Waals surface area contributed by atoms with E-state index in [-0.39, 0.29) is 0 Å². The zero-order valence-corrected chi connectivity index (χ0v) is 12.7. The van der Waals surface area contributed by atoms with Gasteiger partial charge < -0.3 is 15.2 Å². The summed E-state index contributed by atoms with van der Waals surface area (Å²) < 4.78 is 11.6. The summed E-state index contributed by atoms with van der Waals surface area (Å²) in [7, 11) is 0. The van der Waals surface area contributed by atoms with E-state index in [1.807, 2.05) is 36.4 Å². The molecule has 0 fully saturated rings. The molecule has 1 atom stereocenters. The van der Waals surface area contributed by atoms with Crippen LogP contribution in [0.15, 0.2) is 36.4 Å². The molecular formula is C17H18ClNO2. The Bertz CT molecular complexity index is 657. The first-order valence-corrected chi connectivity index (χ1v) is 7.43. The van der Waals surface area contributed by atoms with Gasteiger partial charge in [-0.15, -0.1) is 0 Å². The first-order valence-electron chi connectivity index (χ1n) is 7.06. The predicted octanol–water partition coefficient (Wildman–Crippen LogP) is 3.87. The van der Waals surface area contributed by atoms with Crippen LogP contribution in [0.5, 0.6) is 11.5 Å². The van der Waals surface area contributed by atoms with E-state index >= 15 is 0 Å². The Labute approximate surface area is 129 Å². The Morgan fingerprint density at radius 3 is 2.62 bits per heavy atom. The third kappa shape index (κ3) is 2.99. The number of ether oxygens (including phenoxy) is 2. The van der Waals surface area contributed by atoms with Gasteiger partial charge in [0.1, 0.15) is 0 Å². The van der Waals surface area contributed by atoms with Gasteiger partial charge in [0, 0.05) is 17.5 Å². The van der Waals surface area contributed by atoms with Gasteiger partial charge >= 0.3 is 0 Å². The lowest BCUT2D eigenvalue weighted by Gasteiger charge is -2.12. The molecule has 0 spiro atoms. The van der Waals surface area contributed by atoms with Gasteiger partial charge in [-0.2, -0.15) is 0 Å². The molecule has 0 saturated carbocycles. The molecule has 1 aliphatic heterocycles. The van der Waals surface area contributed by atoms with Gasteiger partial charge in [0.2, 0.25) is 0 Å². The summed E-state index contributed by atoms with van der Waals surface area (Å²) in [5.74, 6) is 1.95. The van der Waals surface area contributed by atoms with Crippen molar-refractivity contribution < 1.29 is 9.47 Å². The van der Waals surface area contributed by atoms with E-state index in [0.717, 1.165) is 28.2 Å². The maximum atomic E-state index is 6.12.